The van der Waals surface area contributed by atoms with E-state index in [1.54, 1.807) is 20.8 Å². The Kier molecular flexibility index (Phi) is 5.14. The largest absolute Gasteiger partial charge is 0.481 e. The van der Waals surface area contributed by atoms with Crippen molar-refractivity contribution in [1.29, 1.82) is 0 Å². The first-order chi connectivity index (χ1) is 8.36. The van der Waals surface area contributed by atoms with Gasteiger partial charge in [-0.2, -0.15) is 0 Å². The maximum atomic E-state index is 11.7. The van der Waals surface area contributed by atoms with Crippen LogP contribution in [-0.2, 0) is 14.3 Å². The lowest BCUT2D eigenvalue weighted by Crippen LogP contribution is -2.45. The Morgan fingerprint density at radius 3 is 2.67 bits per heavy atom. The second-order valence-electron chi connectivity index (χ2n) is 5.52. The smallest absolute Gasteiger partial charge is 0.310 e. The predicted octanol–water partition coefficient (Wildman–Crippen LogP) is 1.37. The van der Waals surface area contributed by atoms with E-state index in [0.29, 0.717) is 19.7 Å². The normalized spacial score (nSPS) is 21.6. The SMILES string of the molecule is CCOC(=O)C1CCCN(CC(C)(C)C(=O)O)C1. The van der Waals surface area contributed by atoms with Crippen molar-refractivity contribution in [2.75, 3.05) is 26.2 Å². The summed E-state index contributed by atoms with van der Waals surface area (Å²) in [5.41, 5.74) is -0.781. The van der Waals surface area contributed by atoms with Crippen LogP contribution in [0.25, 0.3) is 0 Å². The van der Waals surface area contributed by atoms with Crippen molar-refractivity contribution in [2.45, 2.75) is 33.6 Å². The number of piperidine rings is 1. The summed E-state index contributed by atoms with van der Waals surface area (Å²) in [5.74, 6) is -1.07. The molecule has 0 aliphatic carbocycles. The third kappa shape index (κ3) is 3.98. The summed E-state index contributed by atoms with van der Waals surface area (Å²) in [4.78, 5) is 24.8. The molecule has 0 aromatic carbocycles. The molecule has 0 bridgehead atoms. The number of likely N-dealkylation sites (tertiary alicyclic amines) is 1. The van der Waals surface area contributed by atoms with Crippen molar-refractivity contribution in [1.82, 2.24) is 4.90 Å². The van der Waals surface area contributed by atoms with Crippen LogP contribution in [-0.4, -0.2) is 48.2 Å². The number of hydrogen-bond acceptors (Lipinski definition) is 4. The molecule has 5 nitrogen and oxygen atoms in total. The van der Waals surface area contributed by atoms with E-state index in [1.165, 1.54) is 0 Å². The molecule has 1 aliphatic heterocycles. The number of carboxylic acid groups (broad SMARTS) is 1. The molecular weight excluding hydrogens is 234 g/mol. The van der Waals surface area contributed by atoms with Crippen molar-refractivity contribution in [3.05, 3.63) is 0 Å². The number of rotatable bonds is 5. The highest BCUT2D eigenvalue weighted by molar-refractivity contribution is 5.74. The van der Waals surface area contributed by atoms with Gasteiger partial charge < -0.3 is 14.7 Å². The lowest BCUT2D eigenvalue weighted by molar-refractivity contribution is -0.151. The fourth-order valence-electron chi connectivity index (χ4n) is 2.28. The zero-order valence-corrected chi connectivity index (χ0v) is 11.4. The van der Waals surface area contributed by atoms with E-state index in [-0.39, 0.29) is 11.9 Å². The van der Waals surface area contributed by atoms with E-state index in [4.69, 9.17) is 9.84 Å². The third-order valence-electron chi connectivity index (χ3n) is 3.32. The molecule has 0 saturated carbocycles. The molecule has 0 aromatic rings. The number of hydrogen-bond donors (Lipinski definition) is 1. The first kappa shape index (κ1) is 15.0. The Morgan fingerprint density at radius 1 is 1.44 bits per heavy atom. The molecule has 0 aromatic heterocycles. The van der Waals surface area contributed by atoms with E-state index in [1.807, 2.05) is 0 Å². The molecule has 1 unspecified atom stereocenters. The maximum Gasteiger partial charge on any atom is 0.310 e. The Morgan fingerprint density at radius 2 is 2.11 bits per heavy atom. The first-order valence-electron chi connectivity index (χ1n) is 6.49. The second-order valence-corrected chi connectivity index (χ2v) is 5.52. The first-order valence-corrected chi connectivity index (χ1v) is 6.49. The van der Waals surface area contributed by atoms with Crippen LogP contribution in [0.5, 0.6) is 0 Å². The average Bonchev–Trinajstić information content (AvgIpc) is 2.29. The number of carboxylic acids is 1. The van der Waals surface area contributed by atoms with Gasteiger partial charge in [0.25, 0.3) is 0 Å². The lowest BCUT2D eigenvalue weighted by atomic mass is 9.90. The Hall–Kier alpha value is -1.10. The van der Waals surface area contributed by atoms with Crippen LogP contribution in [0.1, 0.15) is 33.6 Å². The van der Waals surface area contributed by atoms with Gasteiger partial charge in [-0.3, -0.25) is 9.59 Å². The Labute approximate surface area is 108 Å². The minimum Gasteiger partial charge on any atom is -0.481 e. The number of nitrogens with zero attached hydrogens (tertiary/aromatic N) is 1. The monoisotopic (exact) mass is 257 g/mol. The highest BCUT2D eigenvalue weighted by atomic mass is 16.5. The maximum absolute atomic E-state index is 11.7. The Bertz CT molecular complexity index is 314. The fraction of sp³-hybridized carbons (Fsp3) is 0.846. The van der Waals surface area contributed by atoms with Crippen molar-refractivity contribution < 1.29 is 19.4 Å². The molecule has 1 aliphatic rings. The molecule has 1 saturated heterocycles. The summed E-state index contributed by atoms with van der Waals surface area (Å²) in [6, 6.07) is 0. The van der Waals surface area contributed by atoms with Crippen LogP contribution in [0.3, 0.4) is 0 Å². The Balaban J connectivity index is 2.54. The molecule has 0 spiro atoms. The minimum atomic E-state index is -0.805. The van der Waals surface area contributed by atoms with Crippen molar-refractivity contribution >= 4 is 11.9 Å². The highest BCUT2D eigenvalue weighted by Crippen LogP contribution is 2.23. The molecule has 18 heavy (non-hydrogen) atoms. The fourth-order valence-corrected chi connectivity index (χ4v) is 2.28. The van der Waals surface area contributed by atoms with Gasteiger partial charge in [0.15, 0.2) is 0 Å². The number of carbonyl (C=O) groups excluding carboxylic acids is 1. The van der Waals surface area contributed by atoms with Gasteiger partial charge in [0, 0.05) is 13.1 Å². The van der Waals surface area contributed by atoms with Gasteiger partial charge in [-0.25, -0.2) is 0 Å². The summed E-state index contributed by atoms with van der Waals surface area (Å²) in [6.07, 6.45) is 1.75. The standard InChI is InChI=1S/C13H23NO4/c1-4-18-11(15)10-6-5-7-14(8-10)9-13(2,3)12(16)17/h10H,4-9H2,1-3H3,(H,16,17). The number of esters is 1. The van der Waals surface area contributed by atoms with Crippen molar-refractivity contribution in [2.24, 2.45) is 11.3 Å². The summed E-state index contributed by atoms with van der Waals surface area (Å²) in [7, 11) is 0. The molecule has 0 radical (unpaired) electrons. The molecular formula is C13H23NO4. The van der Waals surface area contributed by atoms with Gasteiger partial charge in [-0.1, -0.05) is 0 Å². The van der Waals surface area contributed by atoms with Crippen LogP contribution >= 0.6 is 0 Å². The van der Waals surface area contributed by atoms with E-state index >= 15 is 0 Å². The van der Waals surface area contributed by atoms with Gasteiger partial charge in [-0.05, 0) is 40.2 Å². The highest BCUT2D eigenvalue weighted by Gasteiger charge is 2.33. The topological polar surface area (TPSA) is 66.8 Å². The molecule has 0 amide bonds. The van der Waals surface area contributed by atoms with Gasteiger partial charge >= 0.3 is 11.9 Å². The van der Waals surface area contributed by atoms with E-state index < -0.39 is 11.4 Å². The van der Waals surface area contributed by atoms with Crippen LogP contribution < -0.4 is 0 Å². The molecule has 1 fully saturated rings. The molecule has 104 valence electrons. The lowest BCUT2D eigenvalue weighted by Gasteiger charge is -2.35. The number of aliphatic carboxylic acids is 1. The zero-order valence-electron chi connectivity index (χ0n) is 11.4. The summed E-state index contributed by atoms with van der Waals surface area (Å²) in [5, 5.41) is 9.11. The predicted molar refractivity (Wildman–Crippen MR) is 67.2 cm³/mol. The molecule has 1 rings (SSSR count). The van der Waals surface area contributed by atoms with E-state index in [2.05, 4.69) is 4.90 Å². The zero-order chi connectivity index (χ0) is 13.8. The van der Waals surface area contributed by atoms with Crippen LogP contribution in [0, 0.1) is 11.3 Å². The second kappa shape index (κ2) is 6.18. The molecule has 5 heteroatoms. The molecule has 1 heterocycles. The van der Waals surface area contributed by atoms with Crippen LogP contribution in [0.15, 0.2) is 0 Å². The van der Waals surface area contributed by atoms with Gasteiger partial charge in [0.2, 0.25) is 0 Å². The average molecular weight is 257 g/mol. The molecule has 1 N–H and O–H groups in total. The number of ether oxygens (including phenoxy) is 1. The minimum absolute atomic E-state index is 0.108. The summed E-state index contributed by atoms with van der Waals surface area (Å²) < 4.78 is 5.03. The summed E-state index contributed by atoms with van der Waals surface area (Å²) >= 11 is 0. The van der Waals surface area contributed by atoms with Crippen LogP contribution in [0.4, 0.5) is 0 Å². The van der Waals surface area contributed by atoms with Crippen molar-refractivity contribution in [3.8, 4) is 0 Å². The number of carbonyl (C=O) groups is 2. The van der Waals surface area contributed by atoms with Crippen molar-refractivity contribution in [3.63, 3.8) is 0 Å². The van der Waals surface area contributed by atoms with Gasteiger partial charge in [0.1, 0.15) is 0 Å². The molecule has 1 atom stereocenters. The third-order valence-corrected chi connectivity index (χ3v) is 3.32. The summed E-state index contributed by atoms with van der Waals surface area (Å²) in [6.45, 7) is 7.55. The van der Waals surface area contributed by atoms with Gasteiger partial charge in [-0.15, -0.1) is 0 Å². The quantitative estimate of drug-likeness (QED) is 0.753. The van der Waals surface area contributed by atoms with E-state index in [0.717, 1.165) is 19.4 Å². The van der Waals surface area contributed by atoms with Crippen LogP contribution in [0.2, 0.25) is 0 Å². The van der Waals surface area contributed by atoms with E-state index in [9.17, 15) is 9.59 Å². The van der Waals surface area contributed by atoms with Gasteiger partial charge in [0.05, 0.1) is 17.9 Å².